The Kier molecular flexibility index (Phi) is 3.20. The summed E-state index contributed by atoms with van der Waals surface area (Å²) in [7, 11) is 0. The summed E-state index contributed by atoms with van der Waals surface area (Å²) in [6.07, 6.45) is 3.97. The van der Waals surface area contributed by atoms with Gasteiger partial charge in [-0.15, -0.1) is 0 Å². The molecule has 1 atom stereocenters. The SMILES string of the molecule is C[C@H](Cc1ccccc1)N1CCCC1. The number of rotatable bonds is 3. The van der Waals surface area contributed by atoms with Crippen LogP contribution in [0.3, 0.4) is 0 Å². The molecule has 1 aromatic carbocycles. The second kappa shape index (κ2) is 4.61. The average Bonchev–Trinajstić information content (AvgIpc) is 2.72. The van der Waals surface area contributed by atoms with Gasteiger partial charge in [0.15, 0.2) is 0 Å². The third-order valence-electron chi connectivity index (χ3n) is 3.14. The van der Waals surface area contributed by atoms with Gasteiger partial charge in [0, 0.05) is 6.04 Å². The van der Waals surface area contributed by atoms with Gasteiger partial charge in [-0.1, -0.05) is 30.3 Å². The van der Waals surface area contributed by atoms with Crippen molar-refractivity contribution in [2.75, 3.05) is 13.1 Å². The molecule has 0 N–H and O–H groups in total. The Balaban J connectivity index is 1.90. The largest absolute Gasteiger partial charge is 0.300 e. The maximum atomic E-state index is 2.60. The van der Waals surface area contributed by atoms with Crippen LogP contribution in [0.25, 0.3) is 0 Å². The lowest BCUT2D eigenvalue weighted by molar-refractivity contribution is 0.258. The van der Waals surface area contributed by atoms with Crippen molar-refractivity contribution in [3.63, 3.8) is 0 Å². The van der Waals surface area contributed by atoms with Gasteiger partial charge in [0.2, 0.25) is 0 Å². The number of likely N-dealkylation sites (tertiary alicyclic amines) is 1. The van der Waals surface area contributed by atoms with Crippen LogP contribution >= 0.6 is 0 Å². The minimum Gasteiger partial charge on any atom is -0.300 e. The molecule has 0 aromatic heterocycles. The molecule has 0 bridgehead atoms. The minimum atomic E-state index is 0.708. The van der Waals surface area contributed by atoms with Crippen LogP contribution in [0.5, 0.6) is 0 Å². The molecular weight excluding hydrogens is 170 g/mol. The van der Waals surface area contributed by atoms with E-state index in [2.05, 4.69) is 42.2 Å². The van der Waals surface area contributed by atoms with Crippen LogP contribution in [-0.2, 0) is 6.42 Å². The molecule has 0 spiro atoms. The van der Waals surface area contributed by atoms with Crippen molar-refractivity contribution >= 4 is 0 Å². The molecule has 1 saturated heterocycles. The van der Waals surface area contributed by atoms with E-state index >= 15 is 0 Å². The molecule has 0 aliphatic carbocycles. The van der Waals surface area contributed by atoms with Crippen LogP contribution in [-0.4, -0.2) is 24.0 Å². The predicted molar refractivity (Wildman–Crippen MR) is 60.4 cm³/mol. The van der Waals surface area contributed by atoms with Gasteiger partial charge in [0.1, 0.15) is 0 Å². The molecule has 1 fully saturated rings. The van der Waals surface area contributed by atoms with E-state index in [1.54, 1.807) is 0 Å². The van der Waals surface area contributed by atoms with Gasteiger partial charge in [-0.3, -0.25) is 0 Å². The Morgan fingerprint density at radius 1 is 1.14 bits per heavy atom. The molecule has 2 rings (SSSR count). The molecule has 0 saturated carbocycles. The monoisotopic (exact) mass is 189 g/mol. The van der Waals surface area contributed by atoms with Crippen molar-refractivity contribution in [2.24, 2.45) is 0 Å². The zero-order valence-corrected chi connectivity index (χ0v) is 8.95. The van der Waals surface area contributed by atoms with Crippen molar-refractivity contribution < 1.29 is 0 Å². The number of nitrogens with zero attached hydrogens (tertiary/aromatic N) is 1. The number of hydrogen-bond donors (Lipinski definition) is 0. The van der Waals surface area contributed by atoms with Crippen LogP contribution in [0.1, 0.15) is 25.3 Å². The first-order chi connectivity index (χ1) is 6.86. The highest BCUT2D eigenvalue weighted by Crippen LogP contribution is 2.14. The van der Waals surface area contributed by atoms with Gasteiger partial charge in [-0.05, 0) is 44.8 Å². The van der Waals surface area contributed by atoms with E-state index in [-0.39, 0.29) is 0 Å². The molecule has 14 heavy (non-hydrogen) atoms. The summed E-state index contributed by atoms with van der Waals surface area (Å²) in [5.41, 5.74) is 1.46. The molecule has 0 unspecified atom stereocenters. The number of hydrogen-bond acceptors (Lipinski definition) is 1. The van der Waals surface area contributed by atoms with E-state index in [1.165, 1.54) is 37.9 Å². The van der Waals surface area contributed by atoms with E-state index < -0.39 is 0 Å². The first-order valence-electron chi connectivity index (χ1n) is 5.64. The highest BCUT2D eigenvalue weighted by Gasteiger charge is 2.17. The fourth-order valence-electron chi connectivity index (χ4n) is 2.27. The van der Waals surface area contributed by atoms with Gasteiger partial charge in [0.25, 0.3) is 0 Å². The lowest BCUT2D eigenvalue weighted by Gasteiger charge is -2.23. The number of benzene rings is 1. The van der Waals surface area contributed by atoms with E-state index in [4.69, 9.17) is 0 Å². The summed E-state index contributed by atoms with van der Waals surface area (Å²) >= 11 is 0. The van der Waals surface area contributed by atoms with E-state index in [0.29, 0.717) is 6.04 Å². The summed E-state index contributed by atoms with van der Waals surface area (Å²) in [5, 5.41) is 0. The van der Waals surface area contributed by atoms with E-state index in [9.17, 15) is 0 Å². The Morgan fingerprint density at radius 3 is 2.43 bits per heavy atom. The molecule has 1 heteroatoms. The van der Waals surface area contributed by atoms with Crippen LogP contribution in [0.2, 0.25) is 0 Å². The fourth-order valence-corrected chi connectivity index (χ4v) is 2.27. The van der Waals surface area contributed by atoms with E-state index in [0.717, 1.165) is 0 Å². The topological polar surface area (TPSA) is 3.24 Å². The van der Waals surface area contributed by atoms with Crippen molar-refractivity contribution in [1.82, 2.24) is 4.90 Å². The fraction of sp³-hybridized carbons (Fsp3) is 0.538. The van der Waals surface area contributed by atoms with Crippen molar-refractivity contribution in [2.45, 2.75) is 32.2 Å². The van der Waals surface area contributed by atoms with Crippen molar-refractivity contribution in [3.8, 4) is 0 Å². The first kappa shape index (κ1) is 9.72. The lowest BCUT2D eigenvalue weighted by Crippen LogP contribution is -2.31. The Hall–Kier alpha value is -0.820. The molecule has 1 aliphatic rings. The normalized spacial score (nSPS) is 19.8. The molecule has 1 aromatic rings. The van der Waals surface area contributed by atoms with Crippen molar-refractivity contribution in [1.29, 1.82) is 0 Å². The Labute approximate surface area is 86.7 Å². The average molecular weight is 189 g/mol. The van der Waals surface area contributed by atoms with Gasteiger partial charge in [-0.2, -0.15) is 0 Å². The standard InChI is InChI=1S/C13H19N/c1-12(14-9-5-6-10-14)11-13-7-3-2-4-8-13/h2-4,7-8,12H,5-6,9-11H2,1H3/t12-/m1/s1. The van der Waals surface area contributed by atoms with Gasteiger partial charge in [0.05, 0.1) is 0 Å². The van der Waals surface area contributed by atoms with Crippen LogP contribution in [0, 0.1) is 0 Å². The Morgan fingerprint density at radius 2 is 1.79 bits per heavy atom. The maximum absolute atomic E-state index is 2.60. The Bertz CT molecular complexity index is 262. The summed E-state index contributed by atoms with van der Waals surface area (Å²) < 4.78 is 0. The van der Waals surface area contributed by atoms with Gasteiger partial charge in [-0.25, -0.2) is 0 Å². The minimum absolute atomic E-state index is 0.708. The molecule has 1 heterocycles. The van der Waals surface area contributed by atoms with Crippen LogP contribution < -0.4 is 0 Å². The zero-order chi connectivity index (χ0) is 9.80. The predicted octanol–water partition coefficient (Wildman–Crippen LogP) is 2.71. The first-order valence-corrected chi connectivity index (χ1v) is 5.64. The summed E-state index contributed by atoms with van der Waals surface area (Å²) in [6, 6.07) is 11.5. The molecule has 0 amide bonds. The van der Waals surface area contributed by atoms with Crippen LogP contribution in [0.4, 0.5) is 0 Å². The molecule has 1 nitrogen and oxygen atoms in total. The maximum Gasteiger partial charge on any atom is 0.0107 e. The lowest BCUT2D eigenvalue weighted by atomic mass is 10.1. The smallest absolute Gasteiger partial charge is 0.0107 e. The molecule has 1 aliphatic heterocycles. The molecule has 0 radical (unpaired) electrons. The summed E-state index contributed by atoms with van der Waals surface area (Å²) in [5.74, 6) is 0. The summed E-state index contributed by atoms with van der Waals surface area (Å²) in [6.45, 7) is 4.94. The second-order valence-electron chi connectivity index (χ2n) is 4.28. The summed E-state index contributed by atoms with van der Waals surface area (Å²) in [4.78, 5) is 2.60. The van der Waals surface area contributed by atoms with Gasteiger partial charge < -0.3 is 4.90 Å². The molecular formula is C13H19N. The zero-order valence-electron chi connectivity index (χ0n) is 8.95. The highest BCUT2D eigenvalue weighted by atomic mass is 15.2. The third-order valence-corrected chi connectivity index (χ3v) is 3.14. The van der Waals surface area contributed by atoms with Gasteiger partial charge >= 0.3 is 0 Å². The van der Waals surface area contributed by atoms with Crippen LogP contribution in [0.15, 0.2) is 30.3 Å². The molecule has 76 valence electrons. The second-order valence-corrected chi connectivity index (χ2v) is 4.28. The van der Waals surface area contributed by atoms with E-state index in [1.807, 2.05) is 0 Å². The van der Waals surface area contributed by atoms with Crippen molar-refractivity contribution in [3.05, 3.63) is 35.9 Å². The third kappa shape index (κ3) is 2.36. The highest BCUT2D eigenvalue weighted by molar-refractivity contribution is 5.15. The quantitative estimate of drug-likeness (QED) is 0.706.